The second kappa shape index (κ2) is 30.3. The molecule has 0 fully saturated rings. The standard InChI is InChI=1S/C16H17NO2.C6H12O.C5H10O.C3H8.3C2H6/c1-10-4-6-13-15(8-10)19-16-9-11(2)5-7-14(16)17(13)12(3)18;1-3-4-6(2)5-7;1-3-5(2)4-6;1-3-2;3*1-2/h4-9,13,15H,1-3H3;4,7H,3,5H2,1-2H3;6H,2-4H2,1H3;3H2,1-2H3;3*1-2H3/b;6-4-;;;;;. The number of nitrogens with zero attached hydrogens (tertiary/aromatic N) is 1. The number of fused-ring (bicyclic) bond motifs is 2. The van der Waals surface area contributed by atoms with Gasteiger partial charge in [0.1, 0.15) is 11.9 Å². The Balaban J connectivity index is -0.000000260. The fourth-order valence-electron chi connectivity index (χ4n) is 3.24. The first-order chi connectivity index (χ1) is 19.6. The number of anilines is 1. The minimum Gasteiger partial charge on any atom is -0.482 e. The lowest BCUT2D eigenvalue weighted by atomic mass is 9.96. The molecule has 0 saturated heterocycles. The van der Waals surface area contributed by atoms with Gasteiger partial charge in [0.2, 0.25) is 5.91 Å². The van der Waals surface area contributed by atoms with E-state index in [0.29, 0.717) is 0 Å². The molecule has 5 nitrogen and oxygen atoms in total. The molecule has 0 radical (unpaired) electrons. The monoisotopic (exact) mass is 575 g/mol. The molecule has 41 heavy (non-hydrogen) atoms. The molecule has 2 N–H and O–H groups in total. The van der Waals surface area contributed by atoms with E-state index in [1.165, 1.54) is 12.0 Å². The predicted octanol–water partition coefficient (Wildman–Crippen LogP) is 9.77. The number of aliphatic hydroxyl groups excluding tert-OH is 2. The largest absolute Gasteiger partial charge is 0.482 e. The predicted molar refractivity (Wildman–Crippen MR) is 183 cm³/mol. The van der Waals surface area contributed by atoms with Gasteiger partial charge >= 0.3 is 0 Å². The summed E-state index contributed by atoms with van der Waals surface area (Å²) in [5, 5.41) is 16.6. The Hall–Kier alpha value is -2.63. The van der Waals surface area contributed by atoms with Crippen LogP contribution in [0.4, 0.5) is 5.69 Å². The van der Waals surface area contributed by atoms with Crippen LogP contribution < -0.4 is 9.64 Å². The van der Waals surface area contributed by atoms with E-state index in [-0.39, 0.29) is 31.3 Å². The van der Waals surface area contributed by atoms with E-state index in [9.17, 15) is 4.79 Å². The minimum absolute atomic E-state index is 0.0426. The molecular formula is C36H65NO4. The van der Waals surface area contributed by atoms with Crippen LogP contribution in [0.1, 0.15) is 115 Å². The molecule has 2 atom stereocenters. The topological polar surface area (TPSA) is 70.0 Å². The molecule has 0 saturated carbocycles. The Morgan fingerprint density at radius 3 is 1.88 bits per heavy atom. The highest BCUT2D eigenvalue weighted by atomic mass is 16.5. The van der Waals surface area contributed by atoms with Gasteiger partial charge in [-0.2, -0.15) is 0 Å². The van der Waals surface area contributed by atoms with Gasteiger partial charge in [0.05, 0.1) is 24.9 Å². The van der Waals surface area contributed by atoms with Crippen molar-refractivity contribution >= 4 is 11.6 Å². The number of rotatable bonds is 4. The van der Waals surface area contributed by atoms with Gasteiger partial charge in [-0.25, -0.2) is 0 Å². The van der Waals surface area contributed by atoms with Crippen molar-refractivity contribution in [2.24, 2.45) is 0 Å². The third-order valence-electron chi connectivity index (χ3n) is 5.12. The van der Waals surface area contributed by atoms with Gasteiger partial charge in [-0.1, -0.05) is 123 Å². The fraction of sp³-hybridized carbons (Fsp3) is 0.583. The summed E-state index contributed by atoms with van der Waals surface area (Å²) in [7, 11) is 0. The highest BCUT2D eigenvalue weighted by molar-refractivity contribution is 5.95. The zero-order valence-corrected chi connectivity index (χ0v) is 29.1. The number of hydrogen-bond donors (Lipinski definition) is 2. The SMILES string of the molecule is C=C(CC)CO.CC.CC.CC.CC(=O)N1c2ccc(C)cc2OC2C=C(C)C=CC21.CC/C=C(/C)CO.CCC. The van der Waals surface area contributed by atoms with E-state index in [2.05, 4.69) is 33.4 Å². The van der Waals surface area contributed by atoms with E-state index < -0.39 is 0 Å². The van der Waals surface area contributed by atoms with E-state index >= 15 is 0 Å². The number of ether oxygens (including phenoxy) is 1. The molecule has 0 spiro atoms. The van der Waals surface area contributed by atoms with Gasteiger partial charge in [-0.3, -0.25) is 9.69 Å². The van der Waals surface area contributed by atoms with Crippen molar-refractivity contribution in [1.82, 2.24) is 0 Å². The third-order valence-corrected chi connectivity index (χ3v) is 5.12. The molecule has 0 bridgehead atoms. The normalized spacial score (nSPS) is 15.4. The number of hydrogen-bond acceptors (Lipinski definition) is 4. The Morgan fingerprint density at radius 2 is 1.51 bits per heavy atom. The van der Waals surface area contributed by atoms with Gasteiger partial charge in [-0.05, 0) is 57.4 Å². The number of carbonyl (C=O) groups excluding carboxylic acids is 1. The van der Waals surface area contributed by atoms with Crippen molar-refractivity contribution in [1.29, 1.82) is 0 Å². The zero-order valence-electron chi connectivity index (χ0n) is 29.1. The first-order valence-corrected chi connectivity index (χ1v) is 15.6. The smallest absolute Gasteiger partial charge is 0.224 e. The molecule has 3 rings (SSSR count). The van der Waals surface area contributed by atoms with Crippen LogP contribution in [-0.4, -0.2) is 41.5 Å². The van der Waals surface area contributed by atoms with Gasteiger partial charge in [0, 0.05) is 6.92 Å². The van der Waals surface area contributed by atoms with Gasteiger partial charge in [0.25, 0.3) is 0 Å². The van der Waals surface area contributed by atoms with Crippen LogP contribution in [0.15, 0.2) is 65.8 Å². The molecule has 1 aromatic carbocycles. The van der Waals surface area contributed by atoms with E-state index in [1.54, 1.807) is 6.92 Å². The number of aliphatic hydroxyl groups is 2. The molecule has 1 amide bonds. The van der Waals surface area contributed by atoms with Crippen LogP contribution >= 0.6 is 0 Å². The second-order valence-corrected chi connectivity index (χ2v) is 8.79. The van der Waals surface area contributed by atoms with Crippen molar-refractivity contribution in [2.75, 3.05) is 18.1 Å². The maximum Gasteiger partial charge on any atom is 0.224 e. The Morgan fingerprint density at radius 1 is 0.976 bits per heavy atom. The van der Waals surface area contributed by atoms with Gasteiger partial charge in [-0.15, -0.1) is 0 Å². The third kappa shape index (κ3) is 20.0. The number of carbonyl (C=O) groups is 1. The number of benzene rings is 1. The van der Waals surface area contributed by atoms with Crippen molar-refractivity contribution in [3.8, 4) is 5.75 Å². The van der Waals surface area contributed by atoms with E-state index in [4.69, 9.17) is 14.9 Å². The highest BCUT2D eigenvalue weighted by Crippen LogP contribution is 2.39. The van der Waals surface area contributed by atoms with Crippen LogP contribution in [0.5, 0.6) is 5.75 Å². The van der Waals surface area contributed by atoms with Crippen molar-refractivity contribution in [3.63, 3.8) is 0 Å². The van der Waals surface area contributed by atoms with Crippen LogP contribution in [-0.2, 0) is 4.79 Å². The first kappa shape index (κ1) is 45.4. The number of amides is 1. The number of allylic oxidation sites excluding steroid dienone is 3. The van der Waals surface area contributed by atoms with Gasteiger partial charge < -0.3 is 14.9 Å². The summed E-state index contributed by atoms with van der Waals surface area (Å²) in [5.41, 5.74) is 5.11. The Kier molecular flexibility index (Phi) is 33.6. The van der Waals surface area contributed by atoms with Crippen molar-refractivity contribution < 1.29 is 19.7 Å². The summed E-state index contributed by atoms with van der Waals surface area (Å²) < 4.78 is 6.05. The molecule has 5 heteroatoms. The quantitative estimate of drug-likeness (QED) is 0.351. The average Bonchev–Trinajstić information content (AvgIpc) is 2.99. The molecule has 238 valence electrons. The van der Waals surface area contributed by atoms with Crippen LogP contribution in [0.25, 0.3) is 0 Å². The van der Waals surface area contributed by atoms with Crippen molar-refractivity contribution in [2.45, 2.75) is 128 Å². The van der Waals surface area contributed by atoms with Crippen LogP contribution in [0, 0.1) is 6.92 Å². The maximum absolute atomic E-state index is 12.0. The average molecular weight is 576 g/mol. The first-order valence-electron chi connectivity index (χ1n) is 15.6. The summed E-state index contributed by atoms with van der Waals surface area (Å²) >= 11 is 0. The summed E-state index contributed by atoms with van der Waals surface area (Å²) in [6.45, 7) is 31.7. The summed E-state index contributed by atoms with van der Waals surface area (Å²) in [5.74, 6) is 0.830. The molecular weight excluding hydrogens is 510 g/mol. The molecule has 1 aliphatic carbocycles. The van der Waals surface area contributed by atoms with Gasteiger partial charge in [0.15, 0.2) is 0 Å². The van der Waals surface area contributed by atoms with E-state index in [0.717, 1.165) is 41.0 Å². The molecule has 1 aromatic rings. The molecule has 0 aromatic heterocycles. The van der Waals surface area contributed by atoms with Crippen molar-refractivity contribution in [3.05, 3.63) is 71.4 Å². The molecule has 1 heterocycles. The maximum atomic E-state index is 12.0. The summed E-state index contributed by atoms with van der Waals surface area (Å²) in [6.07, 6.45) is 11.2. The lowest BCUT2D eigenvalue weighted by Crippen LogP contribution is -2.50. The number of aryl methyl sites for hydroxylation is 1. The Bertz CT molecular complexity index is 878. The lowest BCUT2D eigenvalue weighted by Gasteiger charge is -2.41. The molecule has 1 aliphatic heterocycles. The van der Waals surface area contributed by atoms with Crippen LogP contribution in [0.2, 0.25) is 0 Å². The summed E-state index contributed by atoms with van der Waals surface area (Å²) in [6, 6.07) is 5.91. The van der Waals surface area contributed by atoms with E-state index in [1.807, 2.05) is 111 Å². The molecule has 2 unspecified atom stereocenters. The minimum atomic E-state index is -0.0943. The highest BCUT2D eigenvalue weighted by Gasteiger charge is 2.36. The fourth-order valence-corrected chi connectivity index (χ4v) is 3.24. The Labute approximate surface area is 254 Å². The lowest BCUT2D eigenvalue weighted by molar-refractivity contribution is -0.117. The second-order valence-electron chi connectivity index (χ2n) is 8.79. The molecule has 2 aliphatic rings. The van der Waals surface area contributed by atoms with Crippen LogP contribution in [0.3, 0.4) is 0 Å². The summed E-state index contributed by atoms with van der Waals surface area (Å²) in [4.78, 5) is 13.8. The zero-order chi connectivity index (χ0) is 33.0.